The van der Waals surface area contributed by atoms with Crippen molar-refractivity contribution in [1.29, 1.82) is 5.26 Å². The van der Waals surface area contributed by atoms with Gasteiger partial charge in [0.05, 0.1) is 17.3 Å². The first-order valence-corrected chi connectivity index (χ1v) is 5.84. The number of rotatable bonds is 3. The Hall–Kier alpha value is -3.14. The van der Waals surface area contributed by atoms with E-state index in [1.807, 2.05) is 12.1 Å². The minimum Gasteiger partial charge on any atom is -0.408 e. The molecule has 0 aliphatic rings. The molecular formula is C13H9N5O2. The molecule has 2 heterocycles. The molecule has 7 nitrogen and oxygen atoms in total. The molecule has 0 saturated heterocycles. The highest BCUT2D eigenvalue weighted by Gasteiger charge is 2.05. The number of H-pyrrole nitrogens is 1. The lowest BCUT2D eigenvalue weighted by Gasteiger charge is -2.02. The monoisotopic (exact) mass is 267 g/mol. The van der Waals surface area contributed by atoms with Gasteiger partial charge in [0.15, 0.2) is 5.58 Å². The van der Waals surface area contributed by atoms with Crippen molar-refractivity contribution in [3.63, 3.8) is 0 Å². The molecule has 0 radical (unpaired) electrons. The third-order valence-electron chi connectivity index (χ3n) is 2.73. The molecule has 0 atom stereocenters. The van der Waals surface area contributed by atoms with E-state index in [9.17, 15) is 4.79 Å². The van der Waals surface area contributed by atoms with Gasteiger partial charge in [-0.25, -0.2) is 4.79 Å². The van der Waals surface area contributed by atoms with Crippen molar-refractivity contribution in [3.05, 3.63) is 40.9 Å². The highest BCUT2D eigenvalue weighted by atomic mass is 16.4. The topological polar surface area (TPSA) is 108 Å². The molecule has 2 N–H and O–H groups in total. The summed E-state index contributed by atoms with van der Waals surface area (Å²) < 4.78 is 5.00. The number of oxazole rings is 1. The number of fused-ring (bicyclic) bond motifs is 1. The van der Waals surface area contributed by atoms with Gasteiger partial charge in [0, 0.05) is 5.56 Å². The zero-order chi connectivity index (χ0) is 13.9. The second-order valence-corrected chi connectivity index (χ2v) is 4.04. The van der Waals surface area contributed by atoms with Gasteiger partial charge in [-0.3, -0.25) is 4.98 Å². The largest absolute Gasteiger partial charge is 0.417 e. The number of hydrogen-bond acceptors (Lipinski definition) is 6. The van der Waals surface area contributed by atoms with Crippen molar-refractivity contribution in [2.45, 2.75) is 0 Å². The molecule has 0 amide bonds. The third kappa shape index (κ3) is 2.22. The van der Waals surface area contributed by atoms with Gasteiger partial charge >= 0.3 is 5.76 Å². The smallest absolute Gasteiger partial charge is 0.408 e. The maximum absolute atomic E-state index is 11.1. The van der Waals surface area contributed by atoms with Gasteiger partial charge < -0.3 is 9.73 Å². The van der Waals surface area contributed by atoms with Crippen LogP contribution in [0.2, 0.25) is 0 Å². The maximum atomic E-state index is 11.1. The summed E-state index contributed by atoms with van der Waals surface area (Å²) in [6.07, 6.45) is 0. The van der Waals surface area contributed by atoms with E-state index in [0.29, 0.717) is 22.6 Å². The summed E-state index contributed by atoms with van der Waals surface area (Å²) in [4.78, 5) is 13.7. The Bertz CT molecular complexity index is 842. The molecule has 0 unspecified atom stereocenters. The normalized spacial score (nSPS) is 10.3. The molecule has 7 heteroatoms. The fourth-order valence-corrected chi connectivity index (χ4v) is 1.82. The number of anilines is 1. The number of nitrogens with one attached hydrogen (secondary N) is 2. The van der Waals surface area contributed by atoms with Crippen LogP contribution in [-0.2, 0) is 0 Å². The van der Waals surface area contributed by atoms with Crippen LogP contribution in [-0.4, -0.2) is 21.7 Å². The highest BCUT2D eigenvalue weighted by Crippen LogP contribution is 2.21. The molecule has 0 spiro atoms. The molecule has 0 fully saturated rings. The lowest BCUT2D eigenvalue weighted by molar-refractivity contribution is 0.555. The molecule has 0 aliphatic heterocycles. The van der Waals surface area contributed by atoms with E-state index in [0.717, 1.165) is 5.56 Å². The van der Waals surface area contributed by atoms with E-state index in [1.165, 1.54) is 0 Å². The quantitative estimate of drug-likeness (QED) is 0.696. The predicted octanol–water partition coefficient (Wildman–Crippen LogP) is 1.51. The number of aromatic nitrogens is 3. The highest BCUT2D eigenvalue weighted by molar-refractivity contribution is 5.78. The summed E-state index contributed by atoms with van der Waals surface area (Å²) >= 11 is 0. The van der Waals surface area contributed by atoms with Crippen LogP contribution in [0, 0.1) is 11.3 Å². The van der Waals surface area contributed by atoms with Gasteiger partial charge in [-0.15, -0.1) is 10.2 Å². The molecule has 0 saturated carbocycles. The molecule has 0 bridgehead atoms. The number of nitrogens with zero attached hydrogens (tertiary/aromatic N) is 3. The van der Waals surface area contributed by atoms with Crippen LogP contribution in [0.4, 0.5) is 5.82 Å². The van der Waals surface area contributed by atoms with Crippen LogP contribution in [0.25, 0.3) is 22.4 Å². The molecule has 1 aromatic carbocycles. The van der Waals surface area contributed by atoms with Crippen molar-refractivity contribution in [2.75, 3.05) is 11.9 Å². The minimum absolute atomic E-state index is 0.175. The van der Waals surface area contributed by atoms with Gasteiger partial charge in [-0.2, -0.15) is 5.26 Å². The Morgan fingerprint density at radius 2 is 2.20 bits per heavy atom. The lowest BCUT2D eigenvalue weighted by Crippen LogP contribution is -2.01. The van der Waals surface area contributed by atoms with E-state index in [2.05, 4.69) is 20.5 Å². The summed E-state index contributed by atoms with van der Waals surface area (Å²) in [5, 5.41) is 19.3. The number of aromatic amines is 1. The molecular weight excluding hydrogens is 258 g/mol. The van der Waals surface area contributed by atoms with Crippen LogP contribution in [0.1, 0.15) is 0 Å². The second kappa shape index (κ2) is 4.85. The fraction of sp³-hybridized carbons (Fsp3) is 0.0769. The molecule has 2 aromatic heterocycles. The molecule has 3 aromatic rings. The van der Waals surface area contributed by atoms with E-state index in [4.69, 9.17) is 9.68 Å². The number of nitriles is 1. The van der Waals surface area contributed by atoms with E-state index in [-0.39, 0.29) is 6.54 Å². The summed E-state index contributed by atoms with van der Waals surface area (Å²) in [6.45, 7) is 0.175. The Balaban J connectivity index is 1.94. The lowest BCUT2D eigenvalue weighted by atomic mass is 10.1. The maximum Gasteiger partial charge on any atom is 0.417 e. The Morgan fingerprint density at radius 3 is 2.95 bits per heavy atom. The molecule has 0 aliphatic carbocycles. The fourth-order valence-electron chi connectivity index (χ4n) is 1.82. The summed E-state index contributed by atoms with van der Waals surface area (Å²) in [5.41, 5.74) is 2.55. The van der Waals surface area contributed by atoms with Crippen LogP contribution in [0.5, 0.6) is 0 Å². The first-order valence-electron chi connectivity index (χ1n) is 5.84. The number of hydrogen-bond donors (Lipinski definition) is 2. The zero-order valence-electron chi connectivity index (χ0n) is 10.3. The van der Waals surface area contributed by atoms with Crippen molar-refractivity contribution >= 4 is 16.9 Å². The Kier molecular flexibility index (Phi) is 2.89. The van der Waals surface area contributed by atoms with E-state index in [1.54, 1.807) is 24.3 Å². The van der Waals surface area contributed by atoms with Crippen LogP contribution in [0.15, 0.2) is 39.5 Å². The van der Waals surface area contributed by atoms with Gasteiger partial charge in [-0.1, -0.05) is 6.07 Å². The number of benzene rings is 1. The van der Waals surface area contributed by atoms with Gasteiger partial charge in [-0.05, 0) is 24.3 Å². The molecule has 20 heavy (non-hydrogen) atoms. The zero-order valence-corrected chi connectivity index (χ0v) is 10.3. The van der Waals surface area contributed by atoms with E-state index < -0.39 is 5.76 Å². The summed E-state index contributed by atoms with van der Waals surface area (Å²) in [6, 6.07) is 10.8. The van der Waals surface area contributed by atoms with Gasteiger partial charge in [0.25, 0.3) is 0 Å². The van der Waals surface area contributed by atoms with Crippen molar-refractivity contribution in [1.82, 2.24) is 15.2 Å². The van der Waals surface area contributed by atoms with Crippen LogP contribution < -0.4 is 11.1 Å². The first kappa shape index (κ1) is 11.9. The summed E-state index contributed by atoms with van der Waals surface area (Å²) in [7, 11) is 0. The predicted molar refractivity (Wildman–Crippen MR) is 72.0 cm³/mol. The molecule has 98 valence electrons. The minimum atomic E-state index is -0.487. The van der Waals surface area contributed by atoms with E-state index >= 15 is 0 Å². The first-order chi connectivity index (χ1) is 9.76. The Morgan fingerprint density at radius 1 is 1.30 bits per heavy atom. The van der Waals surface area contributed by atoms with Gasteiger partial charge in [0.2, 0.25) is 0 Å². The van der Waals surface area contributed by atoms with Crippen molar-refractivity contribution < 1.29 is 4.42 Å². The third-order valence-corrected chi connectivity index (χ3v) is 2.73. The molecule has 3 rings (SSSR count). The summed E-state index contributed by atoms with van der Waals surface area (Å²) in [5.74, 6) is 0.0452. The van der Waals surface area contributed by atoms with Gasteiger partial charge in [0.1, 0.15) is 12.4 Å². The standard InChI is InChI=1S/C13H9N5O2/c14-5-6-15-12-4-3-9(17-18-12)8-1-2-10-11(7-8)20-13(19)16-10/h1-4,7H,6H2,(H,15,18)(H,16,19). The second-order valence-electron chi connectivity index (χ2n) is 4.04. The van der Waals surface area contributed by atoms with Crippen molar-refractivity contribution in [2.24, 2.45) is 0 Å². The van der Waals surface area contributed by atoms with Crippen LogP contribution >= 0.6 is 0 Å². The van der Waals surface area contributed by atoms with Crippen molar-refractivity contribution in [3.8, 4) is 17.3 Å². The Labute approximate surface area is 112 Å². The SMILES string of the molecule is N#CCNc1ccc(-c2ccc3[nH]c(=O)oc3c2)nn1. The van der Waals surface area contributed by atoms with Crippen LogP contribution in [0.3, 0.4) is 0 Å². The average Bonchev–Trinajstić information content (AvgIpc) is 2.84. The average molecular weight is 267 g/mol.